The second-order valence-electron chi connectivity index (χ2n) is 7.95. The Hall–Kier alpha value is -1.43. The molecule has 1 spiro atoms. The van der Waals surface area contributed by atoms with Crippen molar-refractivity contribution in [2.24, 2.45) is 11.3 Å². The van der Waals surface area contributed by atoms with E-state index in [9.17, 15) is 4.79 Å². The van der Waals surface area contributed by atoms with Crippen molar-refractivity contribution in [3.8, 4) is 0 Å². The number of nitrogens with zero attached hydrogens (tertiary/aromatic N) is 2. The van der Waals surface area contributed by atoms with Crippen molar-refractivity contribution in [1.82, 2.24) is 20.4 Å². The largest absolute Gasteiger partial charge is 0.450 e. The fraction of sp³-hybridized carbons (Fsp3) is 0.833. The minimum atomic E-state index is -0.121. The van der Waals surface area contributed by atoms with Gasteiger partial charge in [0.05, 0.1) is 12.8 Å². The summed E-state index contributed by atoms with van der Waals surface area (Å²) in [5.74, 6) is 0.732. The van der Waals surface area contributed by atoms with Gasteiger partial charge in [-0.15, -0.1) is 0 Å². The maximum Gasteiger partial charge on any atom is 0.409 e. The highest BCUT2D eigenvalue weighted by atomic mass is 16.6. The molecule has 0 radical (unpaired) electrons. The van der Waals surface area contributed by atoms with Gasteiger partial charge in [-0.1, -0.05) is 0 Å². The van der Waals surface area contributed by atoms with Crippen molar-refractivity contribution >= 4 is 6.09 Å². The van der Waals surface area contributed by atoms with Crippen molar-refractivity contribution in [2.75, 3.05) is 32.8 Å². The molecule has 134 valence electrons. The van der Waals surface area contributed by atoms with Gasteiger partial charge in [0, 0.05) is 31.5 Å². The molecule has 6 heteroatoms. The first-order chi connectivity index (χ1) is 11.7. The van der Waals surface area contributed by atoms with E-state index in [4.69, 9.17) is 4.74 Å². The van der Waals surface area contributed by atoms with Crippen molar-refractivity contribution < 1.29 is 9.53 Å². The minimum Gasteiger partial charge on any atom is -0.450 e. The number of rotatable bonds is 3. The van der Waals surface area contributed by atoms with Gasteiger partial charge >= 0.3 is 6.09 Å². The lowest BCUT2D eigenvalue weighted by molar-refractivity contribution is -0.0120. The van der Waals surface area contributed by atoms with Crippen molar-refractivity contribution in [3.05, 3.63) is 12.4 Å². The van der Waals surface area contributed by atoms with Crippen LogP contribution in [0.25, 0.3) is 0 Å². The Labute approximate surface area is 144 Å². The summed E-state index contributed by atoms with van der Waals surface area (Å²) >= 11 is 0. The molecule has 0 bridgehead atoms. The lowest BCUT2D eigenvalue weighted by atomic mass is 9.64. The topological polar surface area (TPSA) is 56.8 Å². The first-order valence-corrected chi connectivity index (χ1v) is 9.52. The summed E-state index contributed by atoms with van der Waals surface area (Å²) < 4.78 is 5.15. The van der Waals surface area contributed by atoms with E-state index in [1.54, 1.807) is 0 Å². The van der Waals surface area contributed by atoms with Gasteiger partial charge in [-0.3, -0.25) is 0 Å². The van der Waals surface area contributed by atoms with Gasteiger partial charge in [0.2, 0.25) is 0 Å². The lowest BCUT2D eigenvalue weighted by Crippen LogP contribution is -2.55. The Morgan fingerprint density at radius 3 is 2.58 bits per heavy atom. The van der Waals surface area contributed by atoms with Crippen LogP contribution < -0.4 is 10.6 Å². The molecule has 0 unspecified atom stereocenters. The first-order valence-electron chi connectivity index (χ1n) is 9.52. The molecular weight excluding hydrogens is 304 g/mol. The van der Waals surface area contributed by atoms with Crippen LogP contribution in [0.15, 0.2) is 12.4 Å². The lowest BCUT2D eigenvalue weighted by Gasteiger charge is -2.52. The van der Waals surface area contributed by atoms with E-state index < -0.39 is 0 Å². The Morgan fingerprint density at radius 1 is 1.21 bits per heavy atom. The molecule has 3 fully saturated rings. The molecule has 4 aliphatic rings. The second-order valence-corrected chi connectivity index (χ2v) is 7.95. The molecule has 4 rings (SSSR count). The van der Waals surface area contributed by atoms with Crippen molar-refractivity contribution in [1.29, 1.82) is 0 Å². The predicted octanol–water partition coefficient (Wildman–Crippen LogP) is 1.70. The third-order valence-corrected chi connectivity index (χ3v) is 6.50. The number of hydrogen-bond acceptors (Lipinski definition) is 5. The zero-order valence-electron chi connectivity index (χ0n) is 14.7. The number of hydrogen-bond donors (Lipinski definition) is 2. The molecule has 3 aliphatic heterocycles. The third kappa shape index (κ3) is 2.96. The van der Waals surface area contributed by atoms with Gasteiger partial charge in [-0.25, -0.2) is 4.79 Å². The molecule has 1 saturated carbocycles. The summed E-state index contributed by atoms with van der Waals surface area (Å²) in [5.41, 5.74) is 0.382. The van der Waals surface area contributed by atoms with Crippen LogP contribution in [0.2, 0.25) is 0 Å². The smallest absolute Gasteiger partial charge is 0.409 e. The van der Waals surface area contributed by atoms with Gasteiger partial charge < -0.3 is 25.2 Å². The summed E-state index contributed by atoms with van der Waals surface area (Å²) in [6.07, 6.45) is 10.6. The molecule has 2 saturated heterocycles. The molecule has 0 atom stereocenters. The first kappa shape index (κ1) is 16.1. The molecule has 6 nitrogen and oxygen atoms in total. The van der Waals surface area contributed by atoms with E-state index in [1.165, 1.54) is 38.8 Å². The van der Waals surface area contributed by atoms with Gasteiger partial charge in [0.15, 0.2) is 0 Å². The number of likely N-dealkylation sites (tertiary alicyclic amines) is 2. The third-order valence-electron chi connectivity index (χ3n) is 6.50. The zero-order valence-corrected chi connectivity index (χ0v) is 14.7. The van der Waals surface area contributed by atoms with E-state index in [-0.39, 0.29) is 6.09 Å². The van der Waals surface area contributed by atoms with E-state index in [0.717, 1.165) is 31.5 Å². The summed E-state index contributed by atoms with van der Waals surface area (Å²) in [6.45, 7) is 6.55. The van der Waals surface area contributed by atoms with Crippen molar-refractivity contribution in [3.63, 3.8) is 0 Å². The van der Waals surface area contributed by atoms with Crippen LogP contribution in [-0.2, 0) is 4.74 Å². The maximum atomic E-state index is 11.9. The highest BCUT2D eigenvalue weighted by Crippen LogP contribution is 2.50. The number of nitrogens with one attached hydrogen (secondary N) is 2. The molecule has 0 aromatic heterocycles. The molecule has 1 aliphatic carbocycles. The molecule has 0 aromatic rings. The van der Waals surface area contributed by atoms with Gasteiger partial charge in [-0.05, 0) is 63.5 Å². The fourth-order valence-corrected chi connectivity index (χ4v) is 5.08. The number of piperidine rings is 1. The average molecular weight is 334 g/mol. The fourth-order valence-electron chi connectivity index (χ4n) is 5.08. The average Bonchev–Trinajstić information content (AvgIpc) is 3.24. The number of amides is 1. The van der Waals surface area contributed by atoms with Gasteiger partial charge in [0.1, 0.15) is 0 Å². The summed E-state index contributed by atoms with van der Waals surface area (Å²) in [7, 11) is 0. The van der Waals surface area contributed by atoms with Crippen LogP contribution in [-0.4, -0.2) is 60.9 Å². The van der Waals surface area contributed by atoms with Crippen molar-refractivity contribution in [2.45, 2.75) is 51.2 Å². The Balaban J connectivity index is 1.22. The number of carbonyl (C=O) groups excluding carboxylic acids is 1. The number of carbonyl (C=O) groups is 1. The monoisotopic (exact) mass is 334 g/mol. The Morgan fingerprint density at radius 2 is 1.92 bits per heavy atom. The molecule has 24 heavy (non-hydrogen) atoms. The van der Waals surface area contributed by atoms with Gasteiger partial charge in [-0.2, -0.15) is 0 Å². The van der Waals surface area contributed by atoms with Crippen LogP contribution in [0.4, 0.5) is 4.79 Å². The van der Waals surface area contributed by atoms with Crippen LogP contribution in [0.5, 0.6) is 0 Å². The minimum absolute atomic E-state index is 0.121. The Bertz CT molecular complexity index is 487. The second kappa shape index (κ2) is 6.47. The summed E-state index contributed by atoms with van der Waals surface area (Å²) in [6, 6.07) is 0.732. The molecule has 3 heterocycles. The SMILES string of the molecule is CCOC(=O)N1CCC2(CC(N3CCC(C4NC=CN4)CC3)C2)C1. The quantitative estimate of drug-likeness (QED) is 0.823. The predicted molar refractivity (Wildman–Crippen MR) is 92.2 cm³/mol. The highest BCUT2D eigenvalue weighted by molar-refractivity contribution is 5.68. The normalized spacial score (nSPS) is 34.2. The van der Waals surface area contributed by atoms with Crippen LogP contribution in [0.3, 0.4) is 0 Å². The molecule has 0 aromatic carbocycles. The Kier molecular flexibility index (Phi) is 4.33. The van der Waals surface area contributed by atoms with E-state index in [1.807, 2.05) is 24.2 Å². The van der Waals surface area contributed by atoms with Crippen LogP contribution in [0, 0.1) is 11.3 Å². The van der Waals surface area contributed by atoms with E-state index in [0.29, 0.717) is 18.2 Å². The molecular formula is C18H30N4O2. The number of ether oxygens (including phenoxy) is 1. The maximum absolute atomic E-state index is 11.9. The van der Waals surface area contributed by atoms with E-state index in [2.05, 4.69) is 15.5 Å². The standard InChI is InChI=1S/C18H30N4O2/c1-2-24-17(23)22-10-5-18(13-22)11-15(12-18)21-8-3-14(4-9-21)16-19-6-7-20-16/h6-7,14-16,19-20H,2-5,8-13H2,1H3. The highest BCUT2D eigenvalue weighted by Gasteiger charge is 2.51. The summed E-state index contributed by atoms with van der Waals surface area (Å²) in [4.78, 5) is 16.5. The van der Waals surface area contributed by atoms with Gasteiger partial charge in [0.25, 0.3) is 0 Å². The molecule has 1 amide bonds. The zero-order chi connectivity index (χ0) is 16.6. The van der Waals surface area contributed by atoms with Crippen LogP contribution >= 0.6 is 0 Å². The van der Waals surface area contributed by atoms with E-state index >= 15 is 0 Å². The summed E-state index contributed by atoms with van der Waals surface area (Å²) in [5, 5.41) is 6.81. The molecule has 2 N–H and O–H groups in total. The van der Waals surface area contributed by atoms with Crippen LogP contribution in [0.1, 0.15) is 39.0 Å².